The van der Waals surface area contributed by atoms with Gasteiger partial charge in [0.1, 0.15) is 13.2 Å². The van der Waals surface area contributed by atoms with E-state index in [4.69, 9.17) is 9.47 Å². The number of aliphatic hydroxyl groups is 1. The molecule has 0 fully saturated rings. The Morgan fingerprint density at radius 3 is 1.83 bits per heavy atom. The summed E-state index contributed by atoms with van der Waals surface area (Å²) in [7, 11) is 0. The number of rotatable bonds is 10. The Morgan fingerprint density at radius 2 is 1.28 bits per heavy atom. The van der Waals surface area contributed by atoms with Crippen molar-refractivity contribution in [2.45, 2.75) is 39.1 Å². The second kappa shape index (κ2) is 10.1. The normalized spacial score (nSPS) is 11.3. The van der Waals surface area contributed by atoms with Crippen molar-refractivity contribution in [1.82, 2.24) is 5.32 Å². The maximum Gasteiger partial charge on any atom is 0.162 e. The van der Waals surface area contributed by atoms with Crippen molar-refractivity contribution in [3.05, 3.63) is 95.6 Å². The summed E-state index contributed by atoms with van der Waals surface area (Å²) in [5.74, 6) is 1.43. The molecule has 0 saturated heterocycles. The summed E-state index contributed by atoms with van der Waals surface area (Å²) < 4.78 is 12.2. The van der Waals surface area contributed by atoms with Crippen LogP contribution in [0.15, 0.2) is 78.9 Å². The van der Waals surface area contributed by atoms with E-state index >= 15 is 0 Å². The Morgan fingerprint density at radius 1 is 0.724 bits per heavy atom. The van der Waals surface area contributed by atoms with Crippen LogP contribution in [0.4, 0.5) is 0 Å². The zero-order valence-corrected chi connectivity index (χ0v) is 17.1. The Bertz CT molecular complexity index is 879. The van der Waals surface area contributed by atoms with E-state index in [9.17, 15) is 5.11 Å². The molecule has 0 saturated carbocycles. The topological polar surface area (TPSA) is 50.7 Å². The van der Waals surface area contributed by atoms with Crippen molar-refractivity contribution >= 4 is 0 Å². The Hall–Kier alpha value is -2.82. The predicted molar refractivity (Wildman–Crippen MR) is 116 cm³/mol. The molecule has 152 valence electrons. The van der Waals surface area contributed by atoms with Crippen LogP contribution < -0.4 is 14.8 Å². The highest BCUT2D eigenvalue weighted by Crippen LogP contribution is 2.30. The SMILES string of the molecule is CC(C)(CO)NCc1ccc(OCc2ccccc2)c(OCc2ccccc2)c1. The lowest BCUT2D eigenvalue weighted by molar-refractivity contribution is 0.187. The van der Waals surface area contributed by atoms with Crippen LogP contribution in [0.25, 0.3) is 0 Å². The third-order valence-electron chi connectivity index (χ3n) is 4.65. The smallest absolute Gasteiger partial charge is 0.162 e. The first-order chi connectivity index (χ1) is 14.1. The standard InChI is InChI=1S/C25H29NO3/c1-25(2,19-27)26-16-22-13-14-23(28-17-20-9-5-3-6-10-20)24(15-22)29-18-21-11-7-4-8-12-21/h3-15,26-27H,16-19H2,1-2H3. The maximum atomic E-state index is 9.45. The van der Waals surface area contributed by atoms with Crippen molar-refractivity contribution in [3.63, 3.8) is 0 Å². The van der Waals surface area contributed by atoms with E-state index in [0.717, 1.165) is 22.4 Å². The molecule has 0 aliphatic heterocycles. The van der Waals surface area contributed by atoms with E-state index in [-0.39, 0.29) is 12.1 Å². The second-order valence-electron chi connectivity index (χ2n) is 7.73. The highest BCUT2D eigenvalue weighted by Gasteiger charge is 2.16. The number of nitrogens with one attached hydrogen (secondary N) is 1. The first-order valence-electron chi connectivity index (χ1n) is 9.88. The van der Waals surface area contributed by atoms with Gasteiger partial charge in [0, 0.05) is 12.1 Å². The van der Waals surface area contributed by atoms with Crippen LogP contribution in [-0.4, -0.2) is 17.3 Å². The molecule has 4 heteroatoms. The fraction of sp³-hybridized carbons (Fsp3) is 0.280. The summed E-state index contributed by atoms with van der Waals surface area (Å²) >= 11 is 0. The molecule has 3 rings (SSSR count). The molecule has 2 N–H and O–H groups in total. The molecule has 0 atom stereocenters. The van der Waals surface area contributed by atoms with Gasteiger partial charge in [-0.3, -0.25) is 0 Å². The molecule has 0 aliphatic carbocycles. The average Bonchev–Trinajstić information content (AvgIpc) is 2.77. The first kappa shape index (κ1) is 20.9. The van der Waals surface area contributed by atoms with Crippen LogP contribution in [-0.2, 0) is 19.8 Å². The van der Waals surface area contributed by atoms with Crippen LogP contribution >= 0.6 is 0 Å². The highest BCUT2D eigenvalue weighted by molar-refractivity contribution is 5.43. The summed E-state index contributed by atoms with van der Waals surface area (Å²) in [6.45, 7) is 5.60. The van der Waals surface area contributed by atoms with Crippen molar-refractivity contribution in [2.75, 3.05) is 6.61 Å². The largest absolute Gasteiger partial charge is 0.485 e. The molecule has 0 heterocycles. The molecular formula is C25H29NO3. The molecule has 0 radical (unpaired) electrons. The Kier molecular flexibility index (Phi) is 7.28. The minimum absolute atomic E-state index is 0.0721. The van der Waals surface area contributed by atoms with Gasteiger partial charge in [-0.05, 0) is 42.7 Å². The lowest BCUT2D eigenvalue weighted by Crippen LogP contribution is -2.42. The van der Waals surface area contributed by atoms with E-state index in [1.165, 1.54) is 0 Å². The number of hydrogen-bond donors (Lipinski definition) is 2. The summed E-state index contributed by atoms with van der Waals surface area (Å²) in [4.78, 5) is 0. The third kappa shape index (κ3) is 6.63. The molecule has 29 heavy (non-hydrogen) atoms. The van der Waals surface area contributed by atoms with Gasteiger partial charge >= 0.3 is 0 Å². The number of hydrogen-bond acceptors (Lipinski definition) is 4. The van der Waals surface area contributed by atoms with E-state index < -0.39 is 0 Å². The fourth-order valence-corrected chi connectivity index (χ4v) is 2.76. The van der Waals surface area contributed by atoms with Gasteiger partial charge in [0.15, 0.2) is 11.5 Å². The number of benzene rings is 3. The van der Waals surface area contributed by atoms with Crippen molar-refractivity contribution in [3.8, 4) is 11.5 Å². The van der Waals surface area contributed by atoms with Crippen molar-refractivity contribution in [1.29, 1.82) is 0 Å². The molecule has 0 aliphatic rings. The quantitative estimate of drug-likeness (QED) is 0.526. The molecular weight excluding hydrogens is 362 g/mol. The van der Waals surface area contributed by atoms with Gasteiger partial charge in [-0.1, -0.05) is 66.7 Å². The fourth-order valence-electron chi connectivity index (χ4n) is 2.76. The van der Waals surface area contributed by atoms with Gasteiger partial charge in [-0.15, -0.1) is 0 Å². The minimum Gasteiger partial charge on any atom is -0.485 e. The van der Waals surface area contributed by atoms with Gasteiger partial charge in [-0.2, -0.15) is 0 Å². The highest BCUT2D eigenvalue weighted by atomic mass is 16.5. The van der Waals surface area contributed by atoms with Gasteiger partial charge in [0.25, 0.3) is 0 Å². The van der Waals surface area contributed by atoms with Crippen LogP contribution in [0.1, 0.15) is 30.5 Å². The monoisotopic (exact) mass is 391 g/mol. The molecule has 4 nitrogen and oxygen atoms in total. The van der Waals surface area contributed by atoms with Gasteiger partial charge in [0.05, 0.1) is 6.61 Å². The Labute approximate surface area is 173 Å². The zero-order chi connectivity index (χ0) is 20.5. The van der Waals surface area contributed by atoms with Crippen molar-refractivity contribution in [2.24, 2.45) is 0 Å². The summed E-state index contributed by atoms with van der Waals surface area (Å²) in [6, 6.07) is 26.1. The molecule has 3 aromatic carbocycles. The number of ether oxygens (including phenoxy) is 2. The molecule has 0 bridgehead atoms. The molecule has 3 aromatic rings. The van der Waals surface area contributed by atoms with E-state index in [1.54, 1.807) is 0 Å². The molecule has 0 amide bonds. The maximum absolute atomic E-state index is 9.45. The molecule has 0 aromatic heterocycles. The summed E-state index contributed by atoms with van der Waals surface area (Å²) in [5, 5.41) is 12.8. The lowest BCUT2D eigenvalue weighted by atomic mass is 10.1. The Balaban J connectivity index is 1.73. The van der Waals surface area contributed by atoms with E-state index in [0.29, 0.717) is 25.5 Å². The lowest BCUT2D eigenvalue weighted by Gasteiger charge is -2.24. The summed E-state index contributed by atoms with van der Waals surface area (Å²) in [5.41, 5.74) is 2.94. The minimum atomic E-state index is -0.340. The van der Waals surface area contributed by atoms with Crippen LogP contribution in [0.3, 0.4) is 0 Å². The molecule has 0 unspecified atom stereocenters. The number of aliphatic hydroxyl groups excluding tert-OH is 1. The van der Waals surface area contributed by atoms with Crippen LogP contribution in [0, 0.1) is 0 Å². The zero-order valence-electron chi connectivity index (χ0n) is 17.1. The summed E-state index contributed by atoms with van der Waals surface area (Å²) in [6.07, 6.45) is 0. The third-order valence-corrected chi connectivity index (χ3v) is 4.65. The average molecular weight is 392 g/mol. The van der Waals surface area contributed by atoms with Gasteiger partial charge in [0.2, 0.25) is 0 Å². The first-order valence-corrected chi connectivity index (χ1v) is 9.88. The van der Waals surface area contributed by atoms with Gasteiger partial charge < -0.3 is 19.9 Å². The van der Waals surface area contributed by atoms with Crippen LogP contribution in [0.2, 0.25) is 0 Å². The van der Waals surface area contributed by atoms with E-state index in [1.807, 2.05) is 92.7 Å². The van der Waals surface area contributed by atoms with Crippen LogP contribution in [0.5, 0.6) is 11.5 Å². The second-order valence-corrected chi connectivity index (χ2v) is 7.73. The van der Waals surface area contributed by atoms with Gasteiger partial charge in [-0.25, -0.2) is 0 Å². The molecule has 0 spiro atoms. The van der Waals surface area contributed by atoms with E-state index in [2.05, 4.69) is 5.32 Å². The van der Waals surface area contributed by atoms with Crippen molar-refractivity contribution < 1.29 is 14.6 Å². The predicted octanol–water partition coefficient (Wildman–Crippen LogP) is 4.71.